The minimum Gasteiger partial charge on any atom is -0.462 e. The molecule has 0 radical (unpaired) electrons. The van der Waals surface area contributed by atoms with Gasteiger partial charge in [0.2, 0.25) is 0 Å². The van der Waals surface area contributed by atoms with Gasteiger partial charge in [-0.05, 0) is 31.1 Å². The third kappa shape index (κ3) is 49.8. The zero-order valence-electron chi connectivity index (χ0n) is 43.9. The number of hydrogen-bond acceptors (Lipinski definition) is 6. The fourth-order valence-electron chi connectivity index (χ4n) is 8.84. The molecule has 0 saturated carbocycles. The van der Waals surface area contributed by atoms with Crippen LogP contribution < -0.4 is 0 Å². The van der Waals surface area contributed by atoms with Gasteiger partial charge in [-0.25, -0.2) is 0 Å². The molecule has 0 spiro atoms. The van der Waals surface area contributed by atoms with Gasteiger partial charge in [0.1, 0.15) is 13.2 Å². The van der Waals surface area contributed by atoms with Gasteiger partial charge in [0, 0.05) is 19.3 Å². The van der Waals surface area contributed by atoms with Crippen molar-refractivity contribution in [1.29, 1.82) is 0 Å². The number of carbonyl (C=O) groups excluding carboxylic acids is 3. The topological polar surface area (TPSA) is 78.9 Å². The summed E-state index contributed by atoms with van der Waals surface area (Å²) in [5.41, 5.74) is 0. The van der Waals surface area contributed by atoms with E-state index in [1.807, 2.05) is 0 Å². The van der Waals surface area contributed by atoms with Crippen LogP contribution in [0.2, 0.25) is 0 Å². The average molecular weight is 906 g/mol. The molecule has 0 fully saturated rings. The molecule has 0 amide bonds. The second-order valence-electron chi connectivity index (χ2n) is 20.6. The van der Waals surface area contributed by atoms with E-state index in [1.165, 1.54) is 212 Å². The smallest absolute Gasteiger partial charge is 0.306 e. The molecule has 6 nitrogen and oxygen atoms in total. The van der Waals surface area contributed by atoms with Crippen LogP contribution in [-0.2, 0) is 28.6 Å². The van der Waals surface area contributed by atoms with Crippen LogP contribution >= 0.6 is 0 Å². The molecule has 0 heterocycles. The molecule has 0 bridgehead atoms. The molecule has 0 aliphatic heterocycles. The van der Waals surface area contributed by atoms with Gasteiger partial charge < -0.3 is 14.2 Å². The molecule has 1 unspecified atom stereocenters. The lowest BCUT2D eigenvalue weighted by atomic mass is 9.99. The van der Waals surface area contributed by atoms with Gasteiger partial charge in [0.05, 0.1) is 0 Å². The molecule has 0 aromatic heterocycles. The molecule has 64 heavy (non-hydrogen) atoms. The number of rotatable bonds is 52. The van der Waals surface area contributed by atoms with Crippen molar-refractivity contribution in [2.24, 2.45) is 11.8 Å². The Morgan fingerprint density at radius 1 is 0.328 bits per heavy atom. The summed E-state index contributed by atoms with van der Waals surface area (Å²) >= 11 is 0. The van der Waals surface area contributed by atoms with Crippen LogP contribution in [-0.4, -0.2) is 37.2 Å². The maximum atomic E-state index is 12.8. The summed E-state index contributed by atoms with van der Waals surface area (Å²) in [7, 11) is 0. The number of esters is 3. The van der Waals surface area contributed by atoms with Crippen LogP contribution in [0.25, 0.3) is 0 Å². The first kappa shape index (κ1) is 62.4. The highest BCUT2D eigenvalue weighted by molar-refractivity contribution is 5.71. The first-order valence-electron chi connectivity index (χ1n) is 28.8. The summed E-state index contributed by atoms with van der Waals surface area (Å²) < 4.78 is 16.9. The Hall–Kier alpha value is -1.59. The average Bonchev–Trinajstić information content (AvgIpc) is 3.28. The Balaban J connectivity index is 4.22. The maximum absolute atomic E-state index is 12.8. The summed E-state index contributed by atoms with van der Waals surface area (Å²) in [4.78, 5) is 38.1. The third-order valence-corrected chi connectivity index (χ3v) is 13.6. The second kappa shape index (κ2) is 50.8. The van der Waals surface area contributed by atoms with E-state index in [9.17, 15) is 14.4 Å². The van der Waals surface area contributed by atoms with E-state index >= 15 is 0 Å². The Morgan fingerprint density at radius 2 is 0.594 bits per heavy atom. The molecule has 6 heteroatoms. The van der Waals surface area contributed by atoms with Crippen molar-refractivity contribution in [1.82, 2.24) is 0 Å². The van der Waals surface area contributed by atoms with Crippen molar-refractivity contribution < 1.29 is 28.6 Å². The van der Waals surface area contributed by atoms with Gasteiger partial charge in [0.15, 0.2) is 6.10 Å². The molecule has 0 saturated heterocycles. The first-order valence-corrected chi connectivity index (χ1v) is 28.8. The van der Waals surface area contributed by atoms with E-state index in [1.54, 1.807) is 0 Å². The summed E-state index contributed by atoms with van der Waals surface area (Å²) in [6.45, 7) is 11.4. The Labute approximate surface area is 399 Å². The standard InChI is InChI=1S/C58H112O6/c1-6-8-9-10-11-12-21-28-33-38-43-48-56(59)62-51-55(64-58(61)50-45-40-35-30-25-24-27-32-37-42-47-54(5)7-2)52-63-57(60)49-44-39-34-29-23-20-18-16-14-13-15-17-19-22-26-31-36-41-46-53(3)4/h53-55H,6-52H2,1-5H3/t54?,55-/m0/s1. The SMILES string of the molecule is CCCCCCCCCCCCCC(=O)OC[C@@H](COC(=O)CCCCCCCCCCCCCCCCCCCCC(C)C)OC(=O)CCCCCCCCCCCCC(C)CC. The minimum atomic E-state index is -0.762. The Bertz CT molecular complexity index is 980. The van der Waals surface area contributed by atoms with E-state index < -0.39 is 6.10 Å². The van der Waals surface area contributed by atoms with Crippen LogP contribution in [0, 0.1) is 11.8 Å². The number of hydrogen-bond donors (Lipinski definition) is 0. The van der Waals surface area contributed by atoms with Crippen LogP contribution in [0.4, 0.5) is 0 Å². The van der Waals surface area contributed by atoms with E-state index in [2.05, 4.69) is 34.6 Å². The van der Waals surface area contributed by atoms with Crippen molar-refractivity contribution in [2.75, 3.05) is 13.2 Å². The normalized spacial score (nSPS) is 12.5. The van der Waals surface area contributed by atoms with Crippen LogP contribution in [0.1, 0.15) is 324 Å². The first-order chi connectivity index (χ1) is 31.3. The summed E-state index contributed by atoms with van der Waals surface area (Å²) in [6.07, 6.45) is 53.8. The van der Waals surface area contributed by atoms with Crippen LogP contribution in [0.5, 0.6) is 0 Å². The molecule has 2 atom stereocenters. The summed E-state index contributed by atoms with van der Waals surface area (Å²) in [6, 6.07) is 0. The largest absolute Gasteiger partial charge is 0.462 e. The number of unbranched alkanes of at least 4 members (excludes halogenated alkanes) is 36. The third-order valence-electron chi connectivity index (χ3n) is 13.6. The van der Waals surface area contributed by atoms with Crippen molar-refractivity contribution in [3.05, 3.63) is 0 Å². The molecule has 0 aromatic carbocycles. The fraction of sp³-hybridized carbons (Fsp3) is 0.948. The van der Waals surface area contributed by atoms with Crippen LogP contribution in [0.15, 0.2) is 0 Å². The predicted molar refractivity (Wildman–Crippen MR) is 275 cm³/mol. The second-order valence-corrected chi connectivity index (χ2v) is 20.6. The zero-order chi connectivity index (χ0) is 46.8. The maximum Gasteiger partial charge on any atom is 0.306 e. The molecule has 0 aliphatic rings. The van der Waals surface area contributed by atoms with Crippen molar-refractivity contribution >= 4 is 17.9 Å². The monoisotopic (exact) mass is 905 g/mol. The lowest BCUT2D eigenvalue weighted by Gasteiger charge is -2.18. The van der Waals surface area contributed by atoms with E-state index in [0.29, 0.717) is 19.3 Å². The van der Waals surface area contributed by atoms with Gasteiger partial charge >= 0.3 is 17.9 Å². The fourth-order valence-corrected chi connectivity index (χ4v) is 8.84. The molecular formula is C58H112O6. The van der Waals surface area contributed by atoms with Gasteiger partial charge in [-0.3, -0.25) is 14.4 Å². The molecule has 0 aromatic rings. The highest BCUT2D eigenvalue weighted by Crippen LogP contribution is 2.18. The Kier molecular flexibility index (Phi) is 49.6. The molecule has 380 valence electrons. The highest BCUT2D eigenvalue weighted by atomic mass is 16.6. The number of carbonyl (C=O) groups is 3. The summed E-state index contributed by atoms with van der Waals surface area (Å²) in [5, 5.41) is 0. The van der Waals surface area contributed by atoms with Gasteiger partial charge in [-0.15, -0.1) is 0 Å². The van der Waals surface area contributed by atoms with E-state index in [0.717, 1.165) is 69.6 Å². The van der Waals surface area contributed by atoms with E-state index in [4.69, 9.17) is 14.2 Å². The molecule has 0 rings (SSSR count). The lowest BCUT2D eigenvalue weighted by molar-refractivity contribution is -0.167. The van der Waals surface area contributed by atoms with Crippen molar-refractivity contribution in [3.8, 4) is 0 Å². The lowest BCUT2D eigenvalue weighted by Crippen LogP contribution is -2.30. The summed E-state index contributed by atoms with van der Waals surface area (Å²) in [5.74, 6) is 0.885. The van der Waals surface area contributed by atoms with Crippen LogP contribution in [0.3, 0.4) is 0 Å². The van der Waals surface area contributed by atoms with Gasteiger partial charge in [-0.1, -0.05) is 285 Å². The highest BCUT2D eigenvalue weighted by Gasteiger charge is 2.19. The zero-order valence-corrected chi connectivity index (χ0v) is 43.9. The van der Waals surface area contributed by atoms with Gasteiger partial charge in [-0.2, -0.15) is 0 Å². The van der Waals surface area contributed by atoms with Crippen molar-refractivity contribution in [3.63, 3.8) is 0 Å². The van der Waals surface area contributed by atoms with Gasteiger partial charge in [0.25, 0.3) is 0 Å². The number of ether oxygens (including phenoxy) is 3. The minimum absolute atomic E-state index is 0.0629. The molecular weight excluding hydrogens is 793 g/mol. The predicted octanol–water partition coefficient (Wildman–Crippen LogP) is 18.9. The molecule has 0 aliphatic carbocycles. The quantitative estimate of drug-likeness (QED) is 0.0344. The Morgan fingerprint density at radius 3 is 0.891 bits per heavy atom. The molecule has 0 N–H and O–H groups in total. The van der Waals surface area contributed by atoms with Crippen molar-refractivity contribution in [2.45, 2.75) is 330 Å². The van der Waals surface area contributed by atoms with E-state index in [-0.39, 0.29) is 31.1 Å².